The maximum Gasteiger partial charge on any atom is 0.252 e. The molecule has 0 saturated heterocycles. The van der Waals surface area contributed by atoms with Crippen LogP contribution in [0.2, 0.25) is 0 Å². The lowest BCUT2D eigenvalue weighted by molar-refractivity contribution is -0.120. The van der Waals surface area contributed by atoms with Crippen molar-refractivity contribution in [3.05, 3.63) is 57.8 Å². The molecule has 0 unspecified atom stereocenters. The lowest BCUT2D eigenvalue weighted by Crippen LogP contribution is -2.31. The van der Waals surface area contributed by atoms with E-state index < -0.39 is 0 Å². The van der Waals surface area contributed by atoms with Crippen molar-refractivity contribution < 1.29 is 9.59 Å². The monoisotopic (exact) mass is 316 g/mol. The summed E-state index contributed by atoms with van der Waals surface area (Å²) < 4.78 is 0. The molecule has 1 aromatic carbocycles. The molecule has 0 bridgehead atoms. The number of carbonyl (C=O) groups excluding carboxylic acids is 2. The zero-order chi connectivity index (χ0) is 15.8. The minimum Gasteiger partial charge on any atom is -0.356 e. The summed E-state index contributed by atoms with van der Waals surface area (Å²) in [5.74, 6) is -0.173. The van der Waals surface area contributed by atoms with Gasteiger partial charge in [0.1, 0.15) is 0 Å². The molecule has 0 saturated carbocycles. The molecule has 2 rings (SSSR count). The van der Waals surface area contributed by atoms with Gasteiger partial charge >= 0.3 is 0 Å². The van der Waals surface area contributed by atoms with Crippen LogP contribution in [0.5, 0.6) is 0 Å². The zero-order valence-electron chi connectivity index (χ0n) is 12.6. The number of rotatable bonds is 7. The molecule has 0 spiro atoms. The van der Waals surface area contributed by atoms with Gasteiger partial charge in [-0.3, -0.25) is 9.59 Å². The molecule has 1 heterocycles. The number of hydrogen-bond donors (Lipinski definition) is 2. The first-order valence-corrected chi connectivity index (χ1v) is 8.22. The van der Waals surface area contributed by atoms with Crippen molar-refractivity contribution in [1.29, 1.82) is 0 Å². The highest BCUT2D eigenvalue weighted by molar-refractivity contribution is 7.08. The van der Waals surface area contributed by atoms with Crippen LogP contribution in [0.1, 0.15) is 27.9 Å². The van der Waals surface area contributed by atoms with Crippen molar-refractivity contribution in [2.24, 2.45) is 0 Å². The fourth-order valence-corrected chi connectivity index (χ4v) is 2.74. The van der Waals surface area contributed by atoms with Crippen molar-refractivity contribution in [2.45, 2.75) is 19.8 Å². The molecule has 0 aliphatic heterocycles. The average Bonchev–Trinajstić information content (AvgIpc) is 3.03. The highest BCUT2D eigenvalue weighted by Gasteiger charge is 2.06. The summed E-state index contributed by atoms with van der Waals surface area (Å²) in [5, 5.41) is 9.26. The SMILES string of the molecule is Cc1ccccc1CCNC(=O)CCNC(=O)c1ccsc1. The Hall–Kier alpha value is -2.14. The van der Waals surface area contributed by atoms with Crippen molar-refractivity contribution in [3.63, 3.8) is 0 Å². The Bertz CT molecular complexity index is 623. The van der Waals surface area contributed by atoms with E-state index in [0.29, 0.717) is 25.1 Å². The van der Waals surface area contributed by atoms with Gasteiger partial charge in [-0.05, 0) is 35.9 Å². The van der Waals surface area contributed by atoms with Crippen molar-refractivity contribution >= 4 is 23.2 Å². The number of amides is 2. The first-order valence-electron chi connectivity index (χ1n) is 7.28. The van der Waals surface area contributed by atoms with Crippen LogP contribution in [0.3, 0.4) is 0 Å². The number of thiophene rings is 1. The average molecular weight is 316 g/mol. The number of nitrogens with one attached hydrogen (secondary N) is 2. The second kappa shape index (κ2) is 8.34. The van der Waals surface area contributed by atoms with Crippen LogP contribution in [-0.2, 0) is 11.2 Å². The summed E-state index contributed by atoms with van der Waals surface area (Å²) in [6.45, 7) is 3.03. The Kier molecular flexibility index (Phi) is 6.15. The Morgan fingerprint density at radius 2 is 1.91 bits per heavy atom. The molecule has 1 aromatic heterocycles. The van der Waals surface area contributed by atoms with Crippen LogP contribution in [0, 0.1) is 6.92 Å². The molecule has 0 aliphatic carbocycles. The molecular formula is C17H20N2O2S. The number of hydrogen-bond acceptors (Lipinski definition) is 3. The van der Waals surface area contributed by atoms with Gasteiger partial charge in [0.2, 0.25) is 5.91 Å². The molecule has 0 atom stereocenters. The van der Waals surface area contributed by atoms with Gasteiger partial charge < -0.3 is 10.6 Å². The maximum absolute atomic E-state index is 11.7. The van der Waals surface area contributed by atoms with Crippen LogP contribution in [0.4, 0.5) is 0 Å². The normalized spacial score (nSPS) is 10.2. The molecular weight excluding hydrogens is 296 g/mol. The standard InChI is InChI=1S/C17H20N2O2S/c1-13-4-2-3-5-14(13)6-9-18-16(20)7-10-19-17(21)15-8-11-22-12-15/h2-5,8,11-12H,6-7,9-10H2,1H3,(H,18,20)(H,19,21). The molecule has 22 heavy (non-hydrogen) atoms. The minimum absolute atomic E-state index is 0.0424. The highest BCUT2D eigenvalue weighted by atomic mass is 32.1. The summed E-state index contributed by atoms with van der Waals surface area (Å²) in [6, 6.07) is 9.92. The van der Waals surface area contributed by atoms with E-state index >= 15 is 0 Å². The van der Waals surface area contributed by atoms with Gasteiger partial charge in [0.05, 0.1) is 0 Å². The molecule has 0 fully saturated rings. The maximum atomic E-state index is 11.7. The van der Waals surface area contributed by atoms with E-state index in [0.717, 1.165) is 6.42 Å². The third kappa shape index (κ3) is 5.00. The first kappa shape index (κ1) is 16.2. The van der Waals surface area contributed by atoms with Gasteiger partial charge in [-0.15, -0.1) is 0 Å². The van der Waals surface area contributed by atoms with E-state index in [1.54, 1.807) is 11.4 Å². The van der Waals surface area contributed by atoms with Gasteiger partial charge in [0, 0.05) is 30.5 Å². The van der Waals surface area contributed by atoms with Crippen LogP contribution >= 0.6 is 11.3 Å². The third-order valence-corrected chi connectivity index (χ3v) is 4.08. The number of aryl methyl sites for hydroxylation is 1. The summed E-state index contributed by atoms with van der Waals surface area (Å²) in [6.07, 6.45) is 1.11. The zero-order valence-corrected chi connectivity index (χ0v) is 13.4. The Balaban J connectivity index is 1.62. The molecule has 0 aliphatic rings. The van der Waals surface area contributed by atoms with E-state index in [-0.39, 0.29) is 11.8 Å². The van der Waals surface area contributed by atoms with Gasteiger partial charge in [-0.2, -0.15) is 11.3 Å². The molecule has 2 N–H and O–H groups in total. The predicted octanol–water partition coefficient (Wildman–Crippen LogP) is 2.54. The quantitative estimate of drug-likeness (QED) is 0.825. The molecule has 2 aromatic rings. The lowest BCUT2D eigenvalue weighted by Gasteiger charge is -2.08. The van der Waals surface area contributed by atoms with Crippen molar-refractivity contribution in [2.75, 3.05) is 13.1 Å². The summed E-state index contributed by atoms with van der Waals surface area (Å²) >= 11 is 1.48. The summed E-state index contributed by atoms with van der Waals surface area (Å²) in [7, 11) is 0. The molecule has 2 amide bonds. The highest BCUT2D eigenvalue weighted by Crippen LogP contribution is 2.07. The summed E-state index contributed by atoms with van der Waals surface area (Å²) in [4.78, 5) is 23.4. The van der Waals surface area contributed by atoms with Gasteiger partial charge in [-0.1, -0.05) is 24.3 Å². The van der Waals surface area contributed by atoms with Crippen LogP contribution < -0.4 is 10.6 Å². The fraction of sp³-hybridized carbons (Fsp3) is 0.294. The second-order valence-electron chi connectivity index (χ2n) is 5.04. The molecule has 4 nitrogen and oxygen atoms in total. The first-order chi connectivity index (χ1) is 10.7. The summed E-state index contributed by atoms with van der Waals surface area (Å²) in [5.41, 5.74) is 3.12. The van der Waals surface area contributed by atoms with Gasteiger partial charge in [0.15, 0.2) is 0 Å². The van der Waals surface area contributed by atoms with Gasteiger partial charge in [-0.25, -0.2) is 0 Å². The van der Waals surface area contributed by atoms with Crippen LogP contribution in [0.25, 0.3) is 0 Å². The fourth-order valence-electron chi connectivity index (χ4n) is 2.10. The van der Waals surface area contributed by atoms with Gasteiger partial charge in [0.25, 0.3) is 5.91 Å². The topological polar surface area (TPSA) is 58.2 Å². The van der Waals surface area contributed by atoms with E-state index in [9.17, 15) is 9.59 Å². The number of carbonyl (C=O) groups is 2. The second-order valence-corrected chi connectivity index (χ2v) is 5.82. The minimum atomic E-state index is -0.131. The van der Waals surface area contributed by atoms with E-state index in [1.165, 1.54) is 22.5 Å². The molecule has 5 heteroatoms. The Morgan fingerprint density at radius 1 is 1.09 bits per heavy atom. The van der Waals surface area contributed by atoms with E-state index in [2.05, 4.69) is 29.7 Å². The number of benzene rings is 1. The lowest BCUT2D eigenvalue weighted by atomic mass is 10.1. The van der Waals surface area contributed by atoms with Crippen molar-refractivity contribution in [3.8, 4) is 0 Å². The molecule has 116 valence electrons. The third-order valence-electron chi connectivity index (χ3n) is 3.40. The van der Waals surface area contributed by atoms with Crippen LogP contribution in [-0.4, -0.2) is 24.9 Å². The van der Waals surface area contributed by atoms with Crippen molar-refractivity contribution in [1.82, 2.24) is 10.6 Å². The Morgan fingerprint density at radius 3 is 2.64 bits per heavy atom. The van der Waals surface area contributed by atoms with E-state index in [1.807, 2.05) is 17.5 Å². The van der Waals surface area contributed by atoms with E-state index in [4.69, 9.17) is 0 Å². The Labute approximate surface area is 134 Å². The van der Waals surface area contributed by atoms with Crippen LogP contribution in [0.15, 0.2) is 41.1 Å². The predicted molar refractivity (Wildman–Crippen MR) is 89.2 cm³/mol. The molecule has 0 radical (unpaired) electrons. The smallest absolute Gasteiger partial charge is 0.252 e. The largest absolute Gasteiger partial charge is 0.356 e.